The van der Waals surface area contributed by atoms with Gasteiger partial charge < -0.3 is 14.8 Å². The van der Waals surface area contributed by atoms with E-state index in [2.05, 4.69) is 19.2 Å². The zero-order valence-electron chi connectivity index (χ0n) is 12.2. The number of hydrogen-bond acceptors (Lipinski definition) is 3. The summed E-state index contributed by atoms with van der Waals surface area (Å²) in [5.74, 6) is 1.67. The molecule has 0 amide bonds. The Morgan fingerprint density at radius 2 is 1.79 bits per heavy atom. The fraction of sp³-hybridized carbons (Fsp3) is 0.625. The molecule has 1 N–H and O–H groups in total. The fourth-order valence-corrected chi connectivity index (χ4v) is 1.88. The predicted octanol–water partition coefficient (Wildman–Crippen LogP) is 3.24. The molecule has 1 fully saturated rings. The summed E-state index contributed by atoms with van der Waals surface area (Å²) in [7, 11) is 0. The molecule has 0 radical (unpaired) electrons. The third-order valence-electron chi connectivity index (χ3n) is 3.21. The van der Waals surface area contributed by atoms with E-state index >= 15 is 0 Å². The van der Waals surface area contributed by atoms with Crippen molar-refractivity contribution in [1.82, 2.24) is 5.32 Å². The van der Waals surface area contributed by atoms with Crippen molar-refractivity contribution in [2.24, 2.45) is 5.41 Å². The molecule has 0 aliphatic heterocycles. The maximum absolute atomic E-state index is 5.94. The topological polar surface area (TPSA) is 30.5 Å². The molecular formula is C16H25NO2. The van der Waals surface area contributed by atoms with Gasteiger partial charge in [-0.25, -0.2) is 0 Å². The van der Waals surface area contributed by atoms with Crippen molar-refractivity contribution in [3.05, 3.63) is 24.3 Å². The molecule has 3 nitrogen and oxygen atoms in total. The maximum atomic E-state index is 5.94. The summed E-state index contributed by atoms with van der Waals surface area (Å²) >= 11 is 0. The Balaban J connectivity index is 1.85. The number of benzene rings is 1. The van der Waals surface area contributed by atoms with Crippen molar-refractivity contribution in [2.75, 3.05) is 19.8 Å². The van der Waals surface area contributed by atoms with Gasteiger partial charge in [0, 0.05) is 18.0 Å². The van der Waals surface area contributed by atoms with Crippen LogP contribution < -0.4 is 14.8 Å². The SMILES string of the molecule is CCOc1ccccc1OCC(C)(C)CNC1CC1. The van der Waals surface area contributed by atoms with Crippen molar-refractivity contribution >= 4 is 0 Å². The second kappa shape index (κ2) is 6.29. The Hall–Kier alpha value is -1.22. The van der Waals surface area contributed by atoms with Gasteiger partial charge in [0.05, 0.1) is 13.2 Å². The molecule has 0 saturated heterocycles. The average Bonchev–Trinajstić information content (AvgIpc) is 3.20. The number of para-hydroxylation sites is 2. The molecule has 19 heavy (non-hydrogen) atoms. The lowest BCUT2D eigenvalue weighted by molar-refractivity contribution is 0.169. The molecule has 0 spiro atoms. The van der Waals surface area contributed by atoms with Gasteiger partial charge >= 0.3 is 0 Å². The van der Waals surface area contributed by atoms with Crippen LogP contribution in [0.15, 0.2) is 24.3 Å². The van der Waals surface area contributed by atoms with E-state index in [-0.39, 0.29) is 5.41 Å². The van der Waals surface area contributed by atoms with Crippen molar-refractivity contribution in [1.29, 1.82) is 0 Å². The summed E-state index contributed by atoms with van der Waals surface area (Å²) in [4.78, 5) is 0. The minimum Gasteiger partial charge on any atom is -0.490 e. The number of nitrogens with one attached hydrogen (secondary N) is 1. The first-order valence-corrected chi connectivity index (χ1v) is 7.19. The van der Waals surface area contributed by atoms with E-state index in [1.165, 1.54) is 12.8 Å². The lowest BCUT2D eigenvalue weighted by Gasteiger charge is -2.25. The van der Waals surface area contributed by atoms with E-state index in [0.717, 1.165) is 24.1 Å². The maximum Gasteiger partial charge on any atom is 0.161 e. The summed E-state index contributed by atoms with van der Waals surface area (Å²) in [5.41, 5.74) is 0.127. The fourth-order valence-electron chi connectivity index (χ4n) is 1.88. The lowest BCUT2D eigenvalue weighted by atomic mass is 9.95. The van der Waals surface area contributed by atoms with E-state index in [4.69, 9.17) is 9.47 Å². The third kappa shape index (κ3) is 4.75. The summed E-state index contributed by atoms with van der Waals surface area (Å²) in [6.45, 7) is 8.79. The number of hydrogen-bond donors (Lipinski definition) is 1. The highest BCUT2D eigenvalue weighted by Crippen LogP contribution is 2.28. The van der Waals surface area contributed by atoms with Gasteiger partial charge in [0.1, 0.15) is 0 Å². The van der Waals surface area contributed by atoms with Gasteiger partial charge in [-0.15, -0.1) is 0 Å². The van der Waals surface area contributed by atoms with Crippen molar-refractivity contribution in [3.63, 3.8) is 0 Å². The van der Waals surface area contributed by atoms with Gasteiger partial charge in [-0.2, -0.15) is 0 Å². The minimum atomic E-state index is 0.127. The van der Waals surface area contributed by atoms with Crippen LogP contribution in [0.25, 0.3) is 0 Å². The van der Waals surface area contributed by atoms with E-state index in [1.54, 1.807) is 0 Å². The van der Waals surface area contributed by atoms with Gasteiger partial charge in [0.15, 0.2) is 11.5 Å². The zero-order chi connectivity index (χ0) is 13.7. The highest BCUT2D eigenvalue weighted by molar-refractivity contribution is 5.39. The Labute approximate surface area is 116 Å². The first-order valence-electron chi connectivity index (χ1n) is 7.19. The Morgan fingerprint density at radius 1 is 1.16 bits per heavy atom. The molecular weight excluding hydrogens is 238 g/mol. The summed E-state index contributed by atoms with van der Waals surface area (Å²) in [6.07, 6.45) is 2.65. The average molecular weight is 263 g/mol. The molecule has 0 bridgehead atoms. The Bertz CT molecular complexity index is 399. The molecule has 1 saturated carbocycles. The second-order valence-corrected chi connectivity index (χ2v) is 5.99. The first-order chi connectivity index (χ1) is 9.11. The highest BCUT2D eigenvalue weighted by Gasteiger charge is 2.26. The largest absolute Gasteiger partial charge is 0.490 e. The third-order valence-corrected chi connectivity index (χ3v) is 3.21. The molecule has 2 rings (SSSR count). The van der Waals surface area contributed by atoms with Gasteiger partial charge in [0.25, 0.3) is 0 Å². The van der Waals surface area contributed by atoms with Crippen molar-refractivity contribution < 1.29 is 9.47 Å². The van der Waals surface area contributed by atoms with E-state index in [9.17, 15) is 0 Å². The molecule has 0 heterocycles. The van der Waals surface area contributed by atoms with Crippen LogP contribution in [0.5, 0.6) is 11.5 Å². The van der Waals surface area contributed by atoms with E-state index in [1.807, 2.05) is 31.2 Å². The normalized spacial score (nSPS) is 15.3. The van der Waals surface area contributed by atoms with Crippen LogP contribution in [-0.2, 0) is 0 Å². The first kappa shape index (κ1) is 14.2. The smallest absolute Gasteiger partial charge is 0.161 e. The molecule has 3 heteroatoms. The van der Waals surface area contributed by atoms with Crippen molar-refractivity contribution in [3.8, 4) is 11.5 Å². The van der Waals surface area contributed by atoms with Gasteiger partial charge in [-0.3, -0.25) is 0 Å². The van der Waals surface area contributed by atoms with Crippen LogP contribution >= 0.6 is 0 Å². The van der Waals surface area contributed by atoms with Crippen LogP contribution in [-0.4, -0.2) is 25.8 Å². The van der Waals surface area contributed by atoms with Gasteiger partial charge in [0.2, 0.25) is 0 Å². The summed E-state index contributed by atoms with van der Waals surface area (Å²) in [5, 5.41) is 3.56. The van der Waals surface area contributed by atoms with Crippen LogP contribution in [0.4, 0.5) is 0 Å². The molecule has 0 aromatic heterocycles. The van der Waals surface area contributed by atoms with Crippen LogP contribution in [0.2, 0.25) is 0 Å². The number of ether oxygens (including phenoxy) is 2. The van der Waals surface area contributed by atoms with Crippen LogP contribution in [0.1, 0.15) is 33.6 Å². The monoisotopic (exact) mass is 263 g/mol. The van der Waals surface area contributed by atoms with Crippen LogP contribution in [0.3, 0.4) is 0 Å². The zero-order valence-corrected chi connectivity index (χ0v) is 12.2. The highest BCUT2D eigenvalue weighted by atomic mass is 16.5. The predicted molar refractivity (Wildman–Crippen MR) is 77.9 cm³/mol. The molecule has 106 valence electrons. The molecule has 1 aliphatic carbocycles. The van der Waals surface area contributed by atoms with Gasteiger partial charge in [-0.05, 0) is 31.9 Å². The van der Waals surface area contributed by atoms with E-state index < -0.39 is 0 Å². The van der Waals surface area contributed by atoms with Gasteiger partial charge in [-0.1, -0.05) is 26.0 Å². The van der Waals surface area contributed by atoms with E-state index in [0.29, 0.717) is 13.2 Å². The number of rotatable bonds is 8. The minimum absolute atomic E-state index is 0.127. The standard InChI is InChI=1S/C16H25NO2/c1-4-18-14-7-5-6-8-15(14)19-12-16(2,3)11-17-13-9-10-13/h5-8,13,17H,4,9-12H2,1-3H3. The Kier molecular flexibility index (Phi) is 4.70. The van der Waals surface area contributed by atoms with Crippen molar-refractivity contribution in [2.45, 2.75) is 39.7 Å². The molecule has 1 aliphatic rings. The molecule has 0 atom stereocenters. The van der Waals surface area contributed by atoms with Crippen LogP contribution in [0, 0.1) is 5.41 Å². The summed E-state index contributed by atoms with van der Waals surface area (Å²) < 4.78 is 11.5. The quantitative estimate of drug-likeness (QED) is 0.781. The Morgan fingerprint density at radius 3 is 2.37 bits per heavy atom. The molecule has 1 aromatic carbocycles. The summed E-state index contributed by atoms with van der Waals surface area (Å²) in [6, 6.07) is 8.62. The second-order valence-electron chi connectivity index (χ2n) is 5.99. The lowest BCUT2D eigenvalue weighted by Crippen LogP contribution is -2.35. The molecule has 1 aromatic rings. The molecule has 0 unspecified atom stereocenters.